The van der Waals surface area contributed by atoms with Crippen LogP contribution in [-0.4, -0.2) is 43.7 Å². The van der Waals surface area contributed by atoms with Gasteiger partial charge in [-0.1, -0.05) is 12.1 Å². The Morgan fingerprint density at radius 1 is 1.00 bits per heavy atom. The van der Waals surface area contributed by atoms with E-state index in [-0.39, 0.29) is 18.8 Å². The molecule has 5 rings (SSSR count). The summed E-state index contributed by atoms with van der Waals surface area (Å²) in [6.07, 6.45) is 9.13. The van der Waals surface area contributed by atoms with E-state index >= 15 is 0 Å². The molecule has 0 unspecified atom stereocenters. The molecule has 1 N–H and O–H groups in total. The Morgan fingerprint density at radius 3 is 2.67 bits per heavy atom. The van der Waals surface area contributed by atoms with Crippen LogP contribution in [0, 0.1) is 0 Å². The van der Waals surface area contributed by atoms with E-state index < -0.39 is 0 Å². The van der Waals surface area contributed by atoms with Gasteiger partial charge in [-0.05, 0) is 54.5 Å². The summed E-state index contributed by atoms with van der Waals surface area (Å²) in [5.74, 6) is 0.918. The third kappa shape index (κ3) is 4.36. The van der Waals surface area contributed by atoms with Crippen LogP contribution in [0.5, 0.6) is 0 Å². The van der Waals surface area contributed by atoms with Crippen molar-refractivity contribution in [3.05, 3.63) is 71.9 Å². The van der Waals surface area contributed by atoms with Crippen LogP contribution in [0.3, 0.4) is 0 Å². The zero-order valence-corrected chi connectivity index (χ0v) is 18.7. The third-order valence-corrected chi connectivity index (χ3v) is 6.39. The summed E-state index contributed by atoms with van der Waals surface area (Å²) in [5.41, 5.74) is 4.04. The number of anilines is 1. The number of aliphatic hydroxyl groups excluding tert-OH is 1. The van der Waals surface area contributed by atoms with Crippen molar-refractivity contribution in [3.8, 4) is 11.1 Å². The predicted molar refractivity (Wildman–Crippen MR) is 128 cm³/mol. The fraction of sp³-hybridized carbons (Fsp3) is 0.308. The summed E-state index contributed by atoms with van der Waals surface area (Å²) in [6, 6.07) is 11.7. The van der Waals surface area contributed by atoms with Crippen LogP contribution in [0.1, 0.15) is 41.0 Å². The standard InChI is InChI=1S/C26H27N5O2/c1-30-24(17-32)23(16-29-30)18-5-6-20-15-28-22(12-21(20)11-18)14-25(33)19-7-8-27-26(13-19)31-9-3-2-4-10-31/h5-8,11-13,15-16,32H,2-4,9-10,14,17H2,1H3. The van der Waals surface area contributed by atoms with Gasteiger partial charge in [0, 0.05) is 54.7 Å². The second-order valence-corrected chi connectivity index (χ2v) is 8.57. The fourth-order valence-electron chi connectivity index (χ4n) is 4.50. The predicted octanol–water partition coefficient (Wildman–Crippen LogP) is 3.94. The number of nitrogens with zero attached hydrogens (tertiary/aromatic N) is 5. The quantitative estimate of drug-likeness (QED) is 0.456. The van der Waals surface area contributed by atoms with Crippen LogP contribution in [-0.2, 0) is 20.1 Å². The van der Waals surface area contributed by atoms with Crippen LogP contribution < -0.4 is 4.90 Å². The second kappa shape index (κ2) is 9.11. The van der Waals surface area contributed by atoms with E-state index in [1.807, 2.05) is 37.5 Å². The van der Waals surface area contributed by atoms with Gasteiger partial charge in [0.05, 0.1) is 24.9 Å². The molecule has 33 heavy (non-hydrogen) atoms. The number of hydrogen-bond acceptors (Lipinski definition) is 6. The van der Waals surface area contributed by atoms with Gasteiger partial charge in [0.15, 0.2) is 5.78 Å². The highest BCUT2D eigenvalue weighted by Gasteiger charge is 2.16. The normalized spacial score (nSPS) is 14.1. The van der Waals surface area contributed by atoms with E-state index in [2.05, 4.69) is 26.0 Å². The van der Waals surface area contributed by atoms with Gasteiger partial charge in [0.2, 0.25) is 0 Å². The van der Waals surface area contributed by atoms with Crippen LogP contribution in [0.4, 0.5) is 5.82 Å². The molecular weight excluding hydrogens is 414 g/mol. The minimum Gasteiger partial charge on any atom is -0.390 e. The minimum absolute atomic E-state index is 0.0356. The summed E-state index contributed by atoms with van der Waals surface area (Å²) >= 11 is 0. The topological polar surface area (TPSA) is 84.1 Å². The van der Waals surface area contributed by atoms with Crippen molar-refractivity contribution in [1.29, 1.82) is 0 Å². The lowest BCUT2D eigenvalue weighted by Crippen LogP contribution is -2.30. The first-order valence-corrected chi connectivity index (χ1v) is 11.4. The number of ketones is 1. The molecule has 168 valence electrons. The Morgan fingerprint density at radius 2 is 1.85 bits per heavy atom. The molecule has 0 spiro atoms. The number of carbonyl (C=O) groups excluding carboxylic acids is 1. The van der Waals surface area contributed by atoms with Crippen molar-refractivity contribution >= 4 is 22.4 Å². The maximum Gasteiger partial charge on any atom is 0.169 e. The summed E-state index contributed by atoms with van der Waals surface area (Å²) in [6.45, 7) is 1.91. The molecule has 7 heteroatoms. The zero-order valence-electron chi connectivity index (χ0n) is 18.7. The highest BCUT2D eigenvalue weighted by molar-refractivity contribution is 5.98. The number of Topliss-reactive ketones (excluding diaryl/α,β-unsaturated/α-hetero) is 1. The van der Waals surface area contributed by atoms with Gasteiger partial charge >= 0.3 is 0 Å². The summed E-state index contributed by atoms with van der Waals surface area (Å²) in [5, 5.41) is 16.0. The molecule has 0 amide bonds. The SMILES string of the molecule is Cn1ncc(-c2ccc3cnc(CC(=O)c4ccnc(N5CCCCC5)c4)cc3c2)c1CO. The van der Waals surface area contributed by atoms with Gasteiger partial charge in [-0.25, -0.2) is 4.98 Å². The number of aliphatic hydroxyl groups is 1. The highest BCUT2D eigenvalue weighted by Crippen LogP contribution is 2.27. The molecule has 3 aromatic heterocycles. The molecule has 1 aliphatic heterocycles. The maximum absolute atomic E-state index is 13.0. The molecule has 1 fully saturated rings. The van der Waals surface area contributed by atoms with Gasteiger partial charge in [-0.3, -0.25) is 14.5 Å². The number of fused-ring (bicyclic) bond motifs is 1. The van der Waals surface area contributed by atoms with Crippen molar-refractivity contribution in [3.63, 3.8) is 0 Å². The fourth-order valence-corrected chi connectivity index (χ4v) is 4.50. The van der Waals surface area contributed by atoms with E-state index in [9.17, 15) is 9.90 Å². The molecular formula is C26H27N5O2. The van der Waals surface area contributed by atoms with E-state index in [4.69, 9.17) is 0 Å². The number of aryl methyl sites for hydroxylation is 1. The molecule has 1 aliphatic rings. The van der Waals surface area contributed by atoms with Gasteiger partial charge in [0.1, 0.15) is 5.82 Å². The number of carbonyl (C=O) groups is 1. The molecule has 1 saturated heterocycles. The van der Waals surface area contributed by atoms with E-state index in [1.165, 1.54) is 19.3 Å². The molecule has 4 aromatic rings. The van der Waals surface area contributed by atoms with Crippen LogP contribution >= 0.6 is 0 Å². The van der Waals surface area contributed by atoms with E-state index in [0.717, 1.165) is 52.2 Å². The summed E-state index contributed by atoms with van der Waals surface area (Å²) in [7, 11) is 1.82. The Bertz CT molecular complexity index is 1310. The van der Waals surface area contributed by atoms with E-state index in [1.54, 1.807) is 23.1 Å². The van der Waals surface area contributed by atoms with Gasteiger partial charge in [-0.2, -0.15) is 5.10 Å². The lowest BCUT2D eigenvalue weighted by molar-refractivity contribution is 0.0992. The molecule has 1 aromatic carbocycles. The van der Waals surface area contributed by atoms with E-state index in [0.29, 0.717) is 5.56 Å². The number of rotatable bonds is 6. The van der Waals surface area contributed by atoms with Crippen LogP contribution in [0.25, 0.3) is 21.9 Å². The average molecular weight is 442 g/mol. The smallest absolute Gasteiger partial charge is 0.169 e. The van der Waals surface area contributed by atoms with Gasteiger partial charge in [0.25, 0.3) is 0 Å². The number of piperidine rings is 1. The lowest BCUT2D eigenvalue weighted by Gasteiger charge is -2.27. The first-order chi connectivity index (χ1) is 16.1. The molecule has 0 atom stereocenters. The number of benzene rings is 1. The van der Waals surface area contributed by atoms with Crippen LogP contribution in [0.2, 0.25) is 0 Å². The van der Waals surface area contributed by atoms with Crippen molar-refractivity contribution in [1.82, 2.24) is 19.7 Å². The molecule has 7 nitrogen and oxygen atoms in total. The minimum atomic E-state index is -0.0781. The molecule has 0 radical (unpaired) electrons. The Kier molecular flexibility index (Phi) is 5.88. The molecule has 4 heterocycles. The maximum atomic E-state index is 13.0. The van der Waals surface area contributed by atoms with Crippen LogP contribution in [0.15, 0.2) is 55.0 Å². The summed E-state index contributed by atoms with van der Waals surface area (Å²) < 4.78 is 1.68. The van der Waals surface area contributed by atoms with Crippen molar-refractivity contribution in [2.75, 3.05) is 18.0 Å². The Balaban J connectivity index is 1.39. The second-order valence-electron chi connectivity index (χ2n) is 8.57. The van der Waals surface area contributed by atoms with Gasteiger partial charge < -0.3 is 10.0 Å². The number of pyridine rings is 2. The molecule has 0 saturated carbocycles. The lowest BCUT2D eigenvalue weighted by atomic mass is 10.0. The van der Waals surface area contributed by atoms with Crippen molar-refractivity contribution in [2.24, 2.45) is 7.05 Å². The van der Waals surface area contributed by atoms with Gasteiger partial charge in [-0.15, -0.1) is 0 Å². The first-order valence-electron chi connectivity index (χ1n) is 11.4. The largest absolute Gasteiger partial charge is 0.390 e. The highest BCUT2D eigenvalue weighted by atomic mass is 16.3. The zero-order chi connectivity index (χ0) is 22.8. The van der Waals surface area contributed by atoms with Crippen molar-refractivity contribution in [2.45, 2.75) is 32.3 Å². The third-order valence-electron chi connectivity index (χ3n) is 6.39. The monoisotopic (exact) mass is 441 g/mol. The molecule has 0 bridgehead atoms. The first kappa shape index (κ1) is 21.3. The van der Waals surface area contributed by atoms with Crippen molar-refractivity contribution < 1.29 is 9.90 Å². The number of aromatic nitrogens is 4. The number of hydrogen-bond donors (Lipinski definition) is 1. The Labute approximate surface area is 192 Å². The summed E-state index contributed by atoms with van der Waals surface area (Å²) in [4.78, 5) is 24.3. The Hall–Kier alpha value is -3.58. The average Bonchev–Trinajstić information content (AvgIpc) is 3.24. The molecule has 0 aliphatic carbocycles.